The lowest BCUT2D eigenvalue weighted by molar-refractivity contribution is -0.113. The van der Waals surface area contributed by atoms with Gasteiger partial charge in [-0.25, -0.2) is 4.98 Å². The van der Waals surface area contributed by atoms with Crippen LogP contribution in [0.3, 0.4) is 0 Å². The van der Waals surface area contributed by atoms with Crippen LogP contribution in [0, 0.1) is 0 Å². The highest BCUT2D eigenvalue weighted by atomic mass is 35.5. The Morgan fingerprint density at radius 1 is 1.22 bits per heavy atom. The molecule has 0 fully saturated rings. The van der Waals surface area contributed by atoms with E-state index in [4.69, 9.17) is 21.1 Å². The summed E-state index contributed by atoms with van der Waals surface area (Å²) in [6, 6.07) is 10.7. The van der Waals surface area contributed by atoms with Gasteiger partial charge in [-0.05, 0) is 36.4 Å². The van der Waals surface area contributed by atoms with Crippen LogP contribution in [-0.2, 0) is 4.79 Å². The molecule has 5 nitrogen and oxygen atoms in total. The van der Waals surface area contributed by atoms with Gasteiger partial charge in [0.25, 0.3) is 0 Å². The number of carbonyl (C=O) groups is 1. The molecule has 0 atom stereocenters. The fourth-order valence-electron chi connectivity index (χ4n) is 1.68. The SMILES string of the molecule is COc1ccc(OCCSCC(=O)Nc2ccc(Cl)cn2)cc1. The van der Waals surface area contributed by atoms with Crippen molar-refractivity contribution in [3.8, 4) is 11.5 Å². The highest BCUT2D eigenvalue weighted by Crippen LogP contribution is 2.17. The van der Waals surface area contributed by atoms with E-state index in [9.17, 15) is 4.79 Å². The van der Waals surface area contributed by atoms with E-state index in [2.05, 4.69) is 10.3 Å². The number of carbonyl (C=O) groups excluding carboxylic acids is 1. The first-order valence-electron chi connectivity index (χ1n) is 6.93. The van der Waals surface area contributed by atoms with Gasteiger partial charge in [0.1, 0.15) is 17.3 Å². The first-order chi connectivity index (χ1) is 11.2. The van der Waals surface area contributed by atoms with Crippen LogP contribution in [0.2, 0.25) is 5.02 Å². The number of hydrogen-bond acceptors (Lipinski definition) is 5. The minimum absolute atomic E-state index is 0.103. The molecule has 0 radical (unpaired) electrons. The fourth-order valence-corrected chi connectivity index (χ4v) is 2.40. The fraction of sp³-hybridized carbons (Fsp3) is 0.250. The number of methoxy groups -OCH3 is 1. The summed E-state index contributed by atoms with van der Waals surface area (Å²) in [4.78, 5) is 15.7. The molecule has 0 spiro atoms. The zero-order valence-corrected chi connectivity index (χ0v) is 14.2. The smallest absolute Gasteiger partial charge is 0.235 e. The maximum Gasteiger partial charge on any atom is 0.235 e. The Hall–Kier alpha value is -1.92. The van der Waals surface area contributed by atoms with E-state index in [1.54, 1.807) is 19.2 Å². The second kappa shape index (κ2) is 9.27. The summed E-state index contributed by atoms with van der Waals surface area (Å²) in [5.74, 6) is 3.02. The number of hydrogen-bond donors (Lipinski definition) is 1. The number of aromatic nitrogens is 1. The summed E-state index contributed by atoms with van der Waals surface area (Å²) >= 11 is 7.23. The Labute approximate surface area is 144 Å². The largest absolute Gasteiger partial charge is 0.497 e. The van der Waals surface area contributed by atoms with Gasteiger partial charge in [0.05, 0.1) is 24.5 Å². The summed E-state index contributed by atoms with van der Waals surface area (Å²) in [5.41, 5.74) is 0. The number of nitrogens with zero attached hydrogens (tertiary/aromatic N) is 1. The molecule has 2 aromatic rings. The van der Waals surface area contributed by atoms with Crippen molar-refractivity contribution in [3.63, 3.8) is 0 Å². The Morgan fingerprint density at radius 2 is 1.96 bits per heavy atom. The molecule has 0 aliphatic carbocycles. The molecule has 2 rings (SSSR count). The van der Waals surface area contributed by atoms with Crippen molar-refractivity contribution in [2.24, 2.45) is 0 Å². The summed E-state index contributed by atoms with van der Waals surface area (Å²) in [7, 11) is 1.62. The maximum atomic E-state index is 11.7. The number of ether oxygens (including phenoxy) is 2. The molecule has 0 saturated heterocycles. The number of amides is 1. The minimum Gasteiger partial charge on any atom is -0.497 e. The number of thioether (sulfide) groups is 1. The third-order valence-corrected chi connectivity index (χ3v) is 3.93. The van der Waals surface area contributed by atoms with Gasteiger partial charge in [0.15, 0.2) is 0 Å². The molecule has 0 unspecified atom stereocenters. The monoisotopic (exact) mass is 352 g/mol. The first-order valence-corrected chi connectivity index (χ1v) is 8.46. The van der Waals surface area contributed by atoms with Crippen molar-refractivity contribution in [3.05, 3.63) is 47.6 Å². The van der Waals surface area contributed by atoms with Crippen LogP contribution in [0.25, 0.3) is 0 Å². The number of pyridine rings is 1. The summed E-state index contributed by atoms with van der Waals surface area (Å²) in [5, 5.41) is 3.24. The van der Waals surface area contributed by atoms with Crippen LogP contribution in [0.1, 0.15) is 0 Å². The van der Waals surface area contributed by atoms with E-state index in [1.807, 2.05) is 24.3 Å². The van der Waals surface area contributed by atoms with E-state index >= 15 is 0 Å². The minimum atomic E-state index is -0.103. The van der Waals surface area contributed by atoms with Crippen LogP contribution in [0.4, 0.5) is 5.82 Å². The standard InChI is InChI=1S/C16H17ClN2O3S/c1-21-13-3-5-14(6-4-13)22-8-9-23-11-16(20)19-15-7-2-12(17)10-18-15/h2-7,10H,8-9,11H2,1H3,(H,18,19,20). The molecule has 7 heteroatoms. The van der Waals surface area contributed by atoms with E-state index in [0.717, 1.165) is 11.5 Å². The topological polar surface area (TPSA) is 60.5 Å². The molecule has 1 aromatic carbocycles. The van der Waals surface area contributed by atoms with Gasteiger partial charge in [-0.1, -0.05) is 11.6 Å². The molecule has 0 aliphatic heterocycles. The van der Waals surface area contributed by atoms with E-state index in [1.165, 1.54) is 18.0 Å². The van der Waals surface area contributed by atoms with Gasteiger partial charge < -0.3 is 14.8 Å². The zero-order valence-electron chi connectivity index (χ0n) is 12.6. The highest BCUT2D eigenvalue weighted by Gasteiger charge is 2.03. The number of benzene rings is 1. The highest BCUT2D eigenvalue weighted by molar-refractivity contribution is 7.99. The second-order valence-corrected chi connectivity index (χ2v) is 6.03. The molecule has 122 valence electrons. The van der Waals surface area contributed by atoms with Crippen molar-refractivity contribution in [2.75, 3.05) is 30.5 Å². The van der Waals surface area contributed by atoms with Gasteiger partial charge >= 0.3 is 0 Å². The molecule has 1 aromatic heterocycles. The van der Waals surface area contributed by atoms with Gasteiger partial charge in [-0.15, -0.1) is 11.8 Å². The summed E-state index contributed by atoms with van der Waals surface area (Å²) < 4.78 is 10.7. The molecular formula is C16H17ClN2O3S. The lowest BCUT2D eigenvalue weighted by Crippen LogP contribution is -2.15. The molecule has 0 saturated carbocycles. The van der Waals surface area contributed by atoms with Gasteiger partial charge in [0.2, 0.25) is 5.91 Å². The summed E-state index contributed by atoms with van der Waals surface area (Å²) in [6.07, 6.45) is 1.49. The number of nitrogens with one attached hydrogen (secondary N) is 1. The van der Waals surface area contributed by atoms with Crippen LogP contribution >= 0.6 is 23.4 Å². The average Bonchev–Trinajstić information content (AvgIpc) is 2.57. The molecule has 1 amide bonds. The van der Waals surface area contributed by atoms with Crippen LogP contribution < -0.4 is 14.8 Å². The lowest BCUT2D eigenvalue weighted by Gasteiger charge is -2.07. The average molecular weight is 353 g/mol. The lowest BCUT2D eigenvalue weighted by atomic mass is 10.3. The van der Waals surface area contributed by atoms with Crippen LogP contribution in [-0.4, -0.2) is 36.1 Å². The van der Waals surface area contributed by atoms with Gasteiger partial charge in [0, 0.05) is 11.9 Å². The Balaban J connectivity index is 1.61. The first kappa shape index (κ1) is 17.4. The predicted molar refractivity (Wildman–Crippen MR) is 93.7 cm³/mol. The second-order valence-electron chi connectivity index (χ2n) is 4.49. The Morgan fingerprint density at radius 3 is 2.61 bits per heavy atom. The molecule has 0 aliphatic rings. The van der Waals surface area contributed by atoms with Crippen molar-refractivity contribution in [1.82, 2.24) is 4.98 Å². The van der Waals surface area contributed by atoms with Gasteiger partial charge in [-0.2, -0.15) is 0 Å². The maximum absolute atomic E-state index is 11.7. The van der Waals surface area contributed by atoms with Crippen molar-refractivity contribution in [1.29, 1.82) is 0 Å². The summed E-state index contributed by atoms with van der Waals surface area (Å²) in [6.45, 7) is 0.531. The van der Waals surface area contributed by atoms with E-state index < -0.39 is 0 Å². The number of halogens is 1. The third kappa shape index (κ3) is 6.38. The van der Waals surface area contributed by atoms with Crippen LogP contribution in [0.5, 0.6) is 11.5 Å². The molecule has 1 N–H and O–H groups in total. The quantitative estimate of drug-likeness (QED) is 0.737. The van der Waals surface area contributed by atoms with Crippen molar-refractivity contribution in [2.45, 2.75) is 0 Å². The number of rotatable bonds is 8. The van der Waals surface area contributed by atoms with Crippen LogP contribution in [0.15, 0.2) is 42.6 Å². The number of anilines is 1. The predicted octanol–water partition coefficient (Wildman–Crippen LogP) is 3.49. The zero-order chi connectivity index (χ0) is 16.5. The molecule has 23 heavy (non-hydrogen) atoms. The molecule has 1 heterocycles. The Kier molecular flexibility index (Phi) is 7.03. The Bertz CT molecular complexity index is 620. The van der Waals surface area contributed by atoms with Crippen molar-refractivity contribution < 1.29 is 14.3 Å². The van der Waals surface area contributed by atoms with E-state index in [-0.39, 0.29) is 5.91 Å². The normalized spacial score (nSPS) is 10.2. The van der Waals surface area contributed by atoms with Crippen molar-refractivity contribution >= 4 is 35.1 Å². The van der Waals surface area contributed by atoms with E-state index in [0.29, 0.717) is 29.0 Å². The van der Waals surface area contributed by atoms with Gasteiger partial charge in [-0.3, -0.25) is 4.79 Å². The third-order valence-electron chi connectivity index (χ3n) is 2.78. The molecule has 0 bridgehead atoms. The molecular weight excluding hydrogens is 336 g/mol.